The van der Waals surface area contributed by atoms with Gasteiger partial charge in [-0.2, -0.15) is 0 Å². The van der Waals surface area contributed by atoms with Crippen molar-refractivity contribution in [3.63, 3.8) is 0 Å². The third kappa shape index (κ3) is 8.09. The van der Waals surface area contributed by atoms with Gasteiger partial charge >= 0.3 is 5.97 Å². The van der Waals surface area contributed by atoms with E-state index in [0.717, 1.165) is 0 Å². The Hall–Kier alpha value is -3.31. The molecule has 2 heterocycles. The summed E-state index contributed by atoms with van der Waals surface area (Å²) in [5.41, 5.74) is 1.70. The first-order valence-electron chi connectivity index (χ1n) is 11.9. The van der Waals surface area contributed by atoms with Gasteiger partial charge in [-0.05, 0) is 47.6 Å². The number of aromatic nitrogens is 3. The van der Waals surface area contributed by atoms with E-state index in [1.807, 2.05) is 34.6 Å². The fourth-order valence-corrected chi connectivity index (χ4v) is 4.53. The minimum Gasteiger partial charge on any atom is -0.483 e. The molecule has 0 unspecified atom stereocenters. The van der Waals surface area contributed by atoms with Crippen molar-refractivity contribution < 1.29 is 28.1 Å². The number of rotatable bonds is 10. The number of esters is 1. The minimum atomic E-state index is -1.26. The van der Waals surface area contributed by atoms with Crippen LogP contribution in [0.3, 0.4) is 0 Å². The Bertz CT molecular complexity index is 1300. The lowest BCUT2D eigenvalue weighted by atomic mass is 10.1. The first kappa shape index (κ1) is 28.3. The lowest BCUT2D eigenvalue weighted by Gasteiger charge is -2.20. The molecule has 0 aliphatic rings. The van der Waals surface area contributed by atoms with Crippen molar-refractivity contribution in [3.8, 4) is 17.6 Å². The highest BCUT2D eigenvalue weighted by atomic mass is 31.2. The van der Waals surface area contributed by atoms with E-state index in [1.165, 1.54) is 13.3 Å². The maximum atomic E-state index is 12.6. The van der Waals surface area contributed by atoms with Crippen LogP contribution < -0.4 is 4.74 Å². The molecule has 1 aromatic carbocycles. The highest BCUT2D eigenvalue weighted by Gasteiger charge is 2.21. The summed E-state index contributed by atoms with van der Waals surface area (Å²) >= 11 is 0. The Morgan fingerprint density at radius 3 is 2.32 bits per heavy atom. The average molecular weight is 526 g/mol. The standard InChI is InChI=1S/C27H32N3O6P/c1-7-34-37(35-8-2)18-33-25-12-24-22(11-21(25)10-9-20-13-28-17-29-14-20)23(19(3)31)15-30(24)16-26(32)36-27(4,5)6/h11-15,17H,7-8,16,18H2,1-6H3. The summed E-state index contributed by atoms with van der Waals surface area (Å²) in [7, 11) is -1.26. The smallest absolute Gasteiger partial charge is 0.326 e. The molecule has 3 aromatic rings. The van der Waals surface area contributed by atoms with Gasteiger partial charge in [-0.3, -0.25) is 9.59 Å². The summed E-state index contributed by atoms with van der Waals surface area (Å²) in [4.78, 5) is 33.1. The number of fused-ring (bicyclic) bond motifs is 1. The van der Waals surface area contributed by atoms with Gasteiger partial charge in [0.05, 0.1) is 29.9 Å². The second kappa shape index (κ2) is 12.8. The molecule has 9 nitrogen and oxygen atoms in total. The van der Waals surface area contributed by atoms with Crippen LogP contribution in [0.25, 0.3) is 10.9 Å². The van der Waals surface area contributed by atoms with Crippen molar-refractivity contribution in [1.82, 2.24) is 14.5 Å². The van der Waals surface area contributed by atoms with E-state index in [4.69, 9.17) is 18.5 Å². The Balaban J connectivity index is 2.09. The number of carbonyl (C=O) groups is 2. The molecule has 0 saturated carbocycles. The fraction of sp³-hybridized carbons (Fsp3) is 0.407. The largest absolute Gasteiger partial charge is 0.483 e. The highest BCUT2D eigenvalue weighted by Crippen LogP contribution is 2.39. The van der Waals surface area contributed by atoms with E-state index in [9.17, 15) is 9.59 Å². The van der Waals surface area contributed by atoms with Gasteiger partial charge in [0.15, 0.2) is 12.1 Å². The van der Waals surface area contributed by atoms with Gasteiger partial charge in [-0.15, -0.1) is 0 Å². The number of ether oxygens (including phenoxy) is 2. The molecular weight excluding hydrogens is 493 g/mol. The Labute approximate surface area is 218 Å². The zero-order valence-corrected chi connectivity index (χ0v) is 22.9. The van der Waals surface area contributed by atoms with Gasteiger partial charge in [0, 0.05) is 35.6 Å². The van der Waals surface area contributed by atoms with E-state index in [0.29, 0.717) is 46.6 Å². The third-order valence-corrected chi connectivity index (χ3v) is 6.29. The van der Waals surface area contributed by atoms with Gasteiger partial charge < -0.3 is 23.1 Å². The molecule has 0 aliphatic heterocycles. The molecule has 0 bridgehead atoms. The van der Waals surface area contributed by atoms with Crippen LogP contribution in [0.1, 0.15) is 63.0 Å². The zero-order valence-electron chi connectivity index (χ0n) is 22.0. The summed E-state index contributed by atoms with van der Waals surface area (Å²) in [5.74, 6) is 6.09. The van der Waals surface area contributed by atoms with Crippen LogP contribution in [-0.2, 0) is 25.1 Å². The minimum absolute atomic E-state index is 0.0581. The first-order chi connectivity index (χ1) is 17.6. The second-order valence-corrected chi connectivity index (χ2v) is 10.4. The molecule has 196 valence electrons. The summed E-state index contributed by atoms with van der Waals surface area (Å²) in [6, 6.07) is 3.58. The predicted molar refractivity (Wildman–Crippen MR) is 141 cm³/mol. The Morgan fingerprint density at radius 1 is 1.05 bits per heavy atom. The van der Waals surface area contributed by atoms with Crippen molar-refractivity contribution in [2.24, 2.45) is 0 Å². The number of hydrogen-bond acceptors (Lipinski definition) is 8. The molecule has 0 atom stereocenters. The van der Waals surface area contributed by atoms with Crippen molar-refractivity contribution >= 4 is 31.0 Å². The normalized spacial score (nSPS) is 11.3. The van der Waals surface area contributed by atoms with E-state index in [2.05, 4.69) is 21.8 Å². The van der Waals surface area contributed by atoms with Crippen molar-refractivity contribution in [2.45, 2.75) is 53.7 Å². The number of Topliss-reactive ketones (excluding diaryl/α,β-unsaturated/α-hetero) is 1. The molecule has 10 heteroatoms. The van der Waals surface area contributed by atoms with Gasteiger partial charge in [0.2, 0.25) is 8.38 Å². The number of hydrogen-bond donors (Lipinski definition) is 0. The fourth-order valence-electron chi connectivity index (χ4n) is 3.48. The Morgan fingerprint density at radius 2 is 1.73 bits per heavy atom. The van der Waals surface area contributed by atoms with Crippen LogP contribution in [0.5, 0.6) is 5.75 Å². The Kier molecular flexibility index (Phi) is 9.76. The van der Waals surface area contributed by atoms with Gasteiger partial charge in [0.25, 0.3) is 0 Å². The SMILES string of the molecule is CCOP(COc1cc2c(cc1C#Cc1cncnc1)c(C(C)=O)cn2CC(=O)OC(C)(C)C)OCC. The molecule has 0 radical (unpaired) electrons. The maximum Gasteiger partial charge on any atom is 0.326 e. The van der Waals surface area contributed by atoms with Crippen molar-refractivity contribution in [1.29, 1.82) is 0 Å². The molecule has 0 aliphatic carbocycles. The van der Waals surface area contributed by atoms with Crippen molar-refractivity contribution in [3.05, 3.63) is 53.7 Å². The van der Waals surface area contributed by atoms with Crippen molar-refractivity contribution in [2.75, 3.05) is 19.6 Å². The molecule has 3 rings (SSSR count). The van der Waals surface area contributed by atoms with E-state index >= 15 is 0 Å². The zero-order chi connectivity index (χ0) is 27.0. The van der Waals surface area contributed by atoms with Crippen LogP contribution in [0.4, 0.5) is 0 Å². The summed E-state index contributed by atoms with van der Waals surface area (Å²) in [6.45, 7) is 11.6. The molecule has 0 amide bonds. The quantitative estimate of drug-likeness (QED) is 0.156. The molecule has 0 spiro atoms. The van der Waals surface area contributed by atoms with Gasteiger partial charge in [-0.1, -0.05) is 11.8 Å². The summed E-state index contributed by atoms with van der Waals surface area (Å²) < 4.78 is 24.7. The molecule has 0 N–H and O–H groups in total. The molecule has 0 fully saturated rings. The van der Waals surface area contributed by atoms with Crippen LogP contribution in [-0.4, -0.2) is 51.5 Å². The second-order valence-electron chi connectivity index (χ2n) is 9.00. The van der Waals surface area contributed by atoms with Crippen LogP contribution >= 0.6 is 8.38 Å². The van der Waals surface area contributed by atoms with E-state index in [1.54, 1.807) is 35.3 Å². The first-order valence-corrected chi connectivity index (χ1v) is 13.3. The number of carbonyl (C=O) groups excluding carboxylic acids is 2. The van der Waals surface area contributed by atoms with Crippen LogP contribution in [0.2, 0.25) is 0 Å². The number of ketones is 1. The van der Waals surface area contributed by atoms with Crippen LogP contribution in [0, 0.1) is 11.8 Å². The summed E-state index contributed by atoms with van der Waals surface area (Å²) in [6.07, 6.45) is 6.51. The molecule has 2 aromatic heterocycles. The topological polar surface area (TPSA) is 102 Å². The third-order valence-electron chi connectivity index (χ3n) is 4.85. The number of benzene rings is 1. The van der Waals surface area contributed by atoms with E-state index in [-0.39, 0.29) is 18.7 Å². The molecular formula is C27H32N3O6P. The van der Waals surface area contributed by atoms with E-state index < -0.39 is 19.9 Å². The van der Waals surface area contributed by atoms with Gasteiger partial charge in [-0.25, -0.2) is 9.97 Å². The monoisotopic (exact) mass is 525 g/mol. The number of nitrogens with zero attached hydrogens (tertiary/aromatic N) is 3. The maximum absolute atomic E-state index is 12.6. The predicted octanol–water partition coefficient (Wildman–Crippen LogP) is 5.10. The molecule has 37 heavy (non-hydrogen) atoms. The highest BCUT2D eigenvalue weighted by molar-refractivity contribution is 7.47. The summed E-state index contributed by atoms with van der Waals surface area (Å²) in [5, 5.41) is 0.661. The van der Waals surface area contributed by atoms with Crippen LogP contribution in [0.15, 0.2) is 37.1 Å². The molecule has 0 saturated heterocycles. The average Bonchev–Trinajstić information content (AvgIpc) is 3.17. The lowest BCUT2D eigenvalue weighted by molar-refractivity contribution is -0.155. The van der Waals surface area contributed by atoms with Gasteiger partial charge in [0.1, 0.15) is 24.2 Å². The lowest BCUT2D eigenvalue weighted by Crippen LogP contribution is -2.26.